The van der Waals surface area contributed by atoms with E-state index >= 15 is 0 Å². The Kier molecular flexibility index (Phi) is 8.97. The summed E-state index contributed by atoms with van der Waals surface area (Å²) in [5.74, 6) is -0.555. The Bertz CT molecular complexity index is 1550. The number of esters is 1. The van der Waals surface area contributed by atoms with Gasteiger partial charge in [-0.05, 0) is 24.3 Å². The maximum atomic E-state index is 14.0. The molecule has 1 unspecified atom stereocenters. The van der Waals surface area contributed by atoms with Crippen molar-refractivity contribution >= 4 is 41.6 Å². The Morgan fingerprint density at radius 1 is 1.18 bits per heavy atom. The third-order valence-electron chi connectivity index (χ3n) is 5.68. The SMILES string of the molecule is CCOC(=O)[C@@H](NP(=O)(OCCOCn1cnc2c(=O)[nH]c(N)nc21)Oc1cccc2ccccc12)C(C)C. The smallest absolute Gasteiger partial charge is 0.459 e. The van der Waals surface area contributed by atoms with E-state index in [1.807, 2.05) is 30.3 Å². The zero-order valence-corrected chi connectivity index (χ0v) is 22.7. The zero-order valence-electron chi connectivity index (χ0n) is 21.8. The predicted molar refractivity (Wildman–Crippen MR) is 145 cm³/mol. The fourth-order valence-corrected chi connectivity index (χ4v) is 5.47. The standard InChI is InChI=1S/C25H31N6O7P/c1-4-36-24(33)20(16(2)3)30-39(34,38-19-11-7-9-17-8-5-6-10-18(17)19)37-13-12-35-15-31-14-27-21-22(31)28-25(26)29-23(21)32/h5-11,14,16,20H,4,12-13,15H2,1-3H3,(H,30,34)(H3,26,28,29,32)/t20-,39?/m0/s1. The number of aromatic nitrogens is 4. The van der Waals surface area contributed by atoms with Gasteiger partial charge in [-0.2, -0.15) is 10.1 Å². The maximum Gasteiger partial charge on any atom is 0.459 e. The van der Waals surface area contributed by atoms with E-state index in [0.29, 0.717) is 5.75 Å². The number of anilines is 1. The van der Waals surface area contributed by atoms with Crippen molar-refractivity contribution in [2.75, 3.05) is 25.6 Å². The molecule has 0 aliphatic heterocycles. The van der Waals surface area contributed by atoms with Crippen LogP contribution >= 0.6 is 7.75 Å². The lowest BCUT2D eigenvalue weighted by molar-refractivity contribution is -0.146. The lowest BCUT2D eigenvalue weighted by Crippen LogP contribution is -2.41. The van der Waals surface area contributed by atoms with Crippen LogP contribution in [0, 0.1) is 5.92 Å². The highest BCUT2D eigenvalue weighted by Crippen LogP contribution is 2.47. The molecule has 13 nitrogen and oxygen atoms in total. The number of nitrogens with two attached hydrogens (primary N) is 1. The largest absolute Gasteiger partial charge is 0.465 e. The first-order chi connectivity index (χ1) is 18.7. The number of ether oxygens (including phenoxy) is 2. The molecule has 4 aromatic rings. The van der Waals surface area contributed by atoms with Crippen molar-refractivity contribution in [1.29, 1.82) is 0 Å². The molecular weight excluding hydrogens is 527 g/mol. The second-order valence-electron chi connectivity index (χ2n) is 8.88. The van der Waals surface area contributed by atoms with Crippen LogP contribution in [0.4, 0.5) is 5.95 Å². The number of nitrogens with one attached hydrogen (secondary N) is 2. The molecule has 2 aromatic heterocycles. The van der Waals surface area contributed by atoms with Gasteiger partial charge in [-0.1, -0.05) is 50.2 Å². The molecule has 0 saturated heterocycles. The third kappa shape index (κ3) is 6.82. The van der Waals surface area contributed by atoms with Crippen molar-refractivity contribution < 1.29 is 27.9 Å². The van der Waals surface area contributed by atoms with Gasteiger partial charge in [0.2, 0.25) is 5.95 Å². The van der Waals surface area contributed by atoms with Crippen molar-refractivity contribution in [1.82, 2.24) is 24.6 Å². The molecule has 14 heteroatoms. The molecule has 0 bridgehead atoms. The predicted octanol–water partition coefficient (Wildman–Crippen LogP) is 3.21. The molecule has 4 N–H and O–H groups in total. The number of hydrogen-bond acceptors (Lipinski definition) is 10. The van der Waals surface area contributed by atoms with Crippen LogP contribution in [0.25, 0.3) is 21.9 Å². The summed E-state index contributed by atoms with van der Waals surface area (Å²) < 4.78 is 37.9. The minimum Gasteiger partial charge on any atom is -0.465 e. The zero-order chi connectivity index (χ0) is 28.0. The van der Waals surface area contributed by atoms with Crippen LogP contribution < -0.4 is 20.9 Å². The topological polar surface area (TPSA) is 173 Å². The van der Waals surface area contributed by atoms with Gasteiger partial charge in [0, 0.05) is 5.39 Å². The van der Waals surface area contributed by atoms with Crippen LogP contribution in [0.2, 0.25) is 0 Å². The second kappa shape index (κ2) is 12.4. The summed E-state index contributed by atoms with van der Waals surface area (Å²) in [5, 5.41) is 4.39. The van der Waals surface area contributed by atoms with Gasteiger partial charge < -0.3 is 19.7 Å². The summed E-state index contributed by atoms with van der Waals surface area (Å²) in [6.07, 6.45) is 1.40. The Balaban J connectivity index is 1.48. The van der Waals surface area contributed by atoms with E-state index in [9.17, 15) is 14.2 Å². The number of H-pyrrole nitrogens is 1. The van der Waals surface area contributed by atoms with Gasteiger partial charge in [0.1, 0.15) is 18.5 Å². The molecule has 0 radical (unpaired) electrons. The summed E-state index contributed by atoms with van der Waals surface area (Å²) in [6, 6.07) is 11.9. The molecule has 0 aliphatic carbocycles. The summed E-state index contributed by atoms with van der Waals surface area (Å²) in [4.78, 5) is 35.0. The van der Waals surface area contributed by atoms with Crippen LogP contribution in [0.5, 0.6) is 5.75 Å². The van der Waals surface area contributed by atoms with Gasteiger partial charge in [-0.15, -0.1) is 0 Å². The second-order valence-corrected chi connectivity index (χ2v) is 10.6. The lowest BCUT2D eigenvalue weighted by Gasteiger charge is -2.26. The van der Waals surface area contributed by atoms with Crippen molar-refractivity contribution in [3.8, 4) is 5.75 Å². The summed E-state index contributed by atoms with van der Waals surface area (Å²) in [5.41, 5.74) is 5.55. The Morgan fingerprint density at radius 2 is 1.95 bits per heavy atom. The van der Waals surface area contributed by atoms with E-state index in [1.165, 1.54) is 10.9 Å². The summed E-state index contributed by atoms with van der Waals surface area (Å²) in [6.45, 7) is 5.28. The van der Waals surface area contributed by atoms with Gasteiger partial charge in [-0.3, -0.25) is 23.7 Å². The number of carbonyl (C=O) groups excluding carboxylic acids is 1. The van der Waals surface area contributed by atoms with Crippen LogP contribution in [0.3, 0.4) is 0 Å². The van der Waals surface area contributed by atoms with Crippen LogP contribution in [0.1, 0.15) is 20.8 Å². The monoisotopic (exact) mass is 558 g/mol. The number of aromatic amines is 1. The number of fused-ring (bicyclic) bond motifs is 2. The van der Waals surface area contributed by atoms with Crippen LogP contribution in [0.15, 0.2) is 53.6 Å². The average Bonchev–Trinajstić information content (AvgIpc) is 3.30. The first kappa shape index (κ1) is 28.2. The number of hydrogen-bond donors (Lipinski definition) is 3. The number of benzene rings is 2. The van der Waals surface area contributed by atoms with Crippen LogP contribution in [-0.2, 0) is 30.1 Å². The fraction of sp³-hybridized carbons (Fsp3) is 0.360. The van der Waals surface area contributed by atoms with Gasteiger partial charge in [-0.25, -0.2) is 9.55 Å². The quantitative estimate of drug-likeness (QED) is 0.125. The molecule has 2 atom stereocenters. The average molecular weight is 559 g/mol. The number of nitrogen functional groups attached to an aromatic ring is 1. The van der Waals surface area contributed by atoms with Gasteiger partial charge in [0.25, 0.3) is 5.56 Å². The van der Waals surface area contributed by atoms with E-state index in [1.54, 1.807) is 32.9 Å². The number of carbonyl (C=O) groups is 1. The minimum absolute atomic E-state index is 0.00529. The molecule has 0 spiro atoms. The third-order valence-corrected chi connectivity index (χ3v) is 7.24. The van der Waals surface area contributed by atoms with Crippen molar-refractivity contribution in [2.24, 2.45) is 5.92 Å². The number of nitrogens with zero attached hydrogens (tertiary/aromatic N) is 3. The van der Waals surface area contributed by atoms with E-state index in [2.05, 4.69) is 20.0 Å². The highest BCUT2D eigenvalue weighted by atomic mass is 31.2. The molecular formula is C25H31N6O7P. The van der Waals surface area contributed by atoms with E-state index < -0.39 is 25.3 Å². The normalized spacial score (nSPS) is 13.9. The summed E-state index contributed by atoms with van der Waals surface area (Å²) in [7, 11) is -4.11. The van der Waals surface area contributed by atoms with Crippen molar-refractivity contribution in [3.05, 3.63) is 59.1 Å². The molecule has 0 fully saturated rings. The first-order valence-electron chi connectivity index (χ1n) is 12.4. The first-order valence-corrected chi connectivity index (χ1v) is 13.9. The fourth-order valence-electron chi connectivity index (χ4n) is 3.82. The molecule has 2 heterocycles. The van der Waals surface area contributed by atoms with Crippen molar-refractivity contribution in [2.45, 2.75) is 33.5 Å². The minimum atomic E-state index is -4.11. The molecule has 0 amide bonds. The summed E-state index contributed by atoms with van der Waals surface area (Å²) >= 11 is 0. The van der Waals surface area contributed by atoms with Gasteiger partial charge in [0.05, 0.1) is 26.1 Å². The Morgan fingerprint density at radius 3 is 2.72 bits per heavy atom. The van der Waals surface area contributed by atoms with Crippen LogP contribution in [-0.4, -0.2) is 51.4 Å². The lowest BCUT2D eigenvalue weighted by atomic mass is 10.1. The maximum absolute atomic E-state index is 14.0. The number of imidazole rings is 1. The number of rotatable bonds is 13. The molecule has 4 rings (SSSR count). The van der Waals surface area contributed by atoms with Gasteiger partial charge >= 0.3 is 13.7 Å². The Hall–Kier alpha value is -3.77. The molecule has 39 heavy (non-hydrogen) atoms. The molecule has 208 valence electrons. The highest BCUT2D eigenvalue weighted by Gasteiger charge is 2.36. The molecule has 2 aromatic carbocycles. The van der Waals surface area contributed by atoms with E-state index in [4.69, 9.17) is 24.3 Å². The molecule has 0 aliphatic rings. The van der Waals surface area contributed by atoms with Gasteiger partial charge in [0.15, 0.2) is 11.2 Å². The highest BCUT2D eigenvalue weighted by molar-refractivity contribution is 7.52. The van der Waals surface area contributed by atoms with Crippen molar-refractivity contribution in [3.63, 3.8) is 0 Å². The van der Waals surface area contributed by atoms with E-state index in [0.717, 1.165) is 10.8 Å². The Labute approximate surface area is 224 Å². The van der Waals surface area contributed by atoms with E-state index in [-0.39, 0.29) is 49.6 Å². The molecule has 0 saturated carbocycles.